The van der Waals surface area contributed by atoms with Crippen LogP contribution >= 0.6 is 35.0 Å². The zero-order valence-corrected chi connectivity index (χ0v) is 18.7. The van der Waals surface area contributed by atoms with Crippen molar-refractivity contribution in [1.29, 1.82) is 0 Å². The van der Waals surface area contributed by atoms with E-state index in [9.17, 15) is 4.79 Å². The molecule has 3 aromatic rings. The molecule has 0 bridgehead atoms. The van der Waals surface area contributed by atoms with Crippen molar-refractivity contribution >= 4 is 40.9 Å². The van der Waals surface area contributed by atoms with Gasteiger partial charge in [-0.25, -0.2) is 0 Å². The van der Waals surface area contributed by atoms with E-state index in [1.807, 2.05) is 54.8 Å². The largest absolute Gasteiger partial charge is 0.344 e. The predicted molar refractivity (Wildman–Crippen MR) is 119 cm³/mol. The Kier molecular flexibility index (Phi) is 7.22. The molecule has 0 saturated carbocycles. The number of amides is 1. The normalized spacial score (nSPS) is 12.2. The molecule has 0 aliphatic carbocycles. The van der Waals surface area contributed by atoms with Gasteiger partial charge in [0.1, 0.15) is 0 Å². The van der Waals surface area contributed by atoms with Gasteiger partial charge in [-0.2, -0.15) is 0 Å². The van der Waals surface area contributed by atoms with Crippen LogP contribution < -0.4 is 5.32 Å². The van der Waals surface area contributed by atoms with E-state index in [0.29, 0.717) is 5.82 Å². The minimum Gasteiger partial charge on any atom is -0.344 e. The summed E-state index contributed by atoms with van der Waals surface area (Å²) in [6, 6.07) is 16.0. The minimum atomic E-state index is -1.14. The van der Waals surface area contributed by atoms with Crippen molar-refractivity contribution in [2.24, 2.45) is 0 Å². The van der Waals surface area contributed by atoms with Crippen molar-refractivity contribution in [3.8, 4) is 5.69 Å². The summed E-state index contributed by atoms with van der Waals surface area (Å²) in [6.07, 6.45) is 0. The third-order valence-electron chi connectivity index (χ3n) is 4.51. The van der Waals surface area contributed by atoms with Crippen LogP contribution in [0.4, 0.5) is 0 Å². The van der Waals surface area contributed by atoms with Gasteiger partial charge in [0, 0.05) is 11.4 Å². The number of hydrogen-bond acceptors (Lipinski definition) is 4. The Morgan fingerprint density at radius 2 is 1.79 bits per heavy atom. The topological polar surface area (TPSA) is 59.8 Å². The van der Waals surface area contributed by atoms with Crippen molar-refractivity contribution in [2.45, 2.75) is 42.6 Å². The number of alkyl halides is 2. The fourth-order valence-electron chi connectivity index (χ4n) is 2.85. The first kappa shape index (κ1) is 21.7. The smallest absolute Gasteiger partial charge is 0.253 e. The maximum Gasteiger partial charge on any atom is 0.253 e. The molecule has 0 saturated heterocycles. The van der Waals surface area contributed by atoms with Gasteiger partial charge in [0.25, 0.3) is 5.91 Å². The van der Waals surface area contributed by atoms with Crippen LogP contribution in [0.5, 0.6) is 0 Å². The molecule has 8 heteroatoms. The molecule has 0 aliphatic rings. The second-order valence-electron chi connectivity index (χ2n) is 6.76. The second kappa shape index (κ2) is 9.65. The van der Waals surface area contributed by atoms with Gasteiger partial charge in [-0.15, -0.1) is 10.2 Å². The highest BCUT2D eigenvalue weighted by atomic mass is 35.5. The van der Waals surface area contributed by atoms with Crippen molar-refractivity contribution in [3.63, 3.8) is 0 Å². The maximum atomic E-state index is 11.9. The molecule has 0 fully saturated rings. The Bertz CT molecular complexity index is 989. The summed E-state index contributed by atoms with van der Waals surface area (Å²) in [5.74, 6) is 0.917. The average molecular weight is 449 g/mol. The van der Waals surface area contributed by atoms with Crippen molar-refractivity contribution in [3.05, 3.63) is 71.0 Å². The highest BCUT2D eigenvalue weighted by Crippen LogP contribution is 2.28. The minimum absolute atomic E-state index is 0.413. The molecule has 2 aromatic carbocycles. The highest BCUT2D eigenvalue weighted by molar-refractivity contribution is 7.98. The van der Waals surface area contributed by atoms with Crippen LogP contribution in [0, 0.1) is 13.8 Å². The van der Waals surface area contributed by atoms with Crippen molar-refractivity contribution in [1.82, 2.24) is 20.1 Å². The number of rotatable bonds is 7. The summed E-state index contributed by atoms with van der Waals surface area (Å²) < 4.78 is 1.96. The summed E-state index contributed by atoms with van der Waals surface area (Å²) in [4.78, 5) is 10.8. The van der Waals surface area contributed by atoms with Crippen LogP contribution in [-0.4, -0.2) is 25.5 Å². The van der Waals surface area contributed by atoms with E-state index in [1.54, 1.807) is 11.8 Å². The second-order valence-corrected chi connectivity index (χ2v) is 8.80. The molecular formula is C21H22Cl2N4OS. The lowest BCUT2D eigenvalue weighted by Crippen LogP contribution is -2.32. The van der Waals surface area contributed by atoms with Crippen LogP contribution in [-0.2, 0) is 10.5 Å². The van der Waals surface area contributed by atoms with E-state index < -0.39 is 16.8 Å². The summed E-state index contributed by atoms with van der Waals surface area (Å²) in [5, 5.41) is 12.3. The summed E-state index contributed by atoms with van der Waals surface area (Å²) in [7, 11) is 0. The standard InChI is InChI=1S/C21H22Cl2N4OS/c1-13-8-10-17(11-9-13)27-19(15(3)24-20(28)18(22)23)25-26-21(27)29-12-16-7-5-4-6-14(16)2/h4-11,15,18H,12H2,1-3H3,(H,24,28). The van der Waals surface area contributed by atoms with Gasteiger partial charge in [0.2, 0.25) is 0 Å². The SMILES string of the molecule is Cc1ccc(-n2c(SCc3ccccc3C)nnc2C(C)NC(=O)C(Cl)Cl)cc1. The predicted octanol–water partition coefficient (Wildman–Crippen LogP) is 5.16. The van der Waals surface area contributed by atoms with Crippen molar-refractivity contribution < 1.29 is 4.79 Å². The molecular weight excluding hydrogens is 427 g/mol. The third kappa shape index (κ3) is 5.32. The molecule has 0 aliphatic heterocycles. The van der Waals surface area contributed by atoms with E-state index in [1.165, 1.54) is 11.1 Å². The zero-order chi connectivity index (χ0) is 21.0. The fourth-order valence-corrected chi connectivity index (χ4v) is 4.01. The zero-order valence-electron chi connectivity index (χ0n) is 16.4. The first-order valence-corrected chi connectivity index (χ1v) is 11.0. The third-order valence-corrected chi connectivity index (χ3v) is 5.89. The molecule has 0 spiro atoms. The van der Waals surface area contributed by atoms with Crippen LogP contribution in [0.25, 0.3) is 5.69 Å². The van der Waals surface area contributed by atoms with Crippen molar-refractivity contribution in [2.75, 3.05) is 0 Å². The Morgan fingerprint density at radius 1 is 1.10 bits per heavy atom. The number of aromatic nitrogens is 3. The monoisotopic (exact) mass is 448 g/mol. The lowest BCUT2D eigenvalue weighted by molar-refractivity contribution is -0.120. The maximum absolute atomic E-state index is 11.9. The number of halogens is 2. The first-order valence-electron chi connectivity index (χ1n) is 9.15. The quantitative estimate of drug-likeness (QED) is 0.400. The Morgan fingerprint density at radius 3 is 2.45 bits per heavy atom. The average Bonchev–Trinajstić information content (AvgIpc) is 3.12. The first-order chi connectivity index (χ1) is 13.9. The van der Waals surface area contributed by atoms with E-state index in [2.05, 4.69) is 34.6 Å². The van der Waals surface area contributed by atoms with Gasteiger partial charge in [-0.05, 0) is 44.0 Å². The Labute approximate surface area is 184 Å². The van der Waals surface area contributed by atoms with Gasteiger partial charge >= 0.3 is 0 Å². The van der Waals surface area contributed by atoms with E-state index in [-0.39, 0.29) is 0 Å². The van der Waals surface area contributed by atoms with Gasteiger partial charge in [-0.3, -0.25) is 9.36 Å². The van der Waals surface area contributed by atoms with E-state index in [4.69, 9.17) is 23.2 Å². The summed E-state index contributed by atoms with van der Waals surface area (Å²) >= 11 is 13.0. The van der Waals surface area contributed by atoms with Crippen LogP contribution in [0.2, 0.25) is 0 Å². The molecule has 1 atom stereocenters. The number of carbonyl (C=O) groups excluding carboxylic acids is 1. The van der Waals surface area contributed by atoms with E-state index >= 15 is 0 Å². The highest BCUT2D eigenvalue weighted by Gasteiger charge is 2.23. The van der Waals surface area contributed by atoms with Crippen LogP contribution in [0.1, 0.15) is 35.5 Å². The lowest BCUT2D eigenvalue weighted by Gasteiger charge is -2.17. The molecule has 152 valence electrons. The van der Waals surface area contributed by atoms with Gasteiger partial charge < -0.3 is 5.32 Å². The number of benzene rings is 2. The van der Waals surface area contributed by atoms with Crippen LogP contribution in [0.15, 0.2) is 53.7 Å². The summed E-state index contributed by atoms with van der Waals surface area (Å²) in [6.45, 7) is 5.96. The number of nitrogens with zero attached hydrogens (tertiary/aromatic N) is 3. The number of nitrogens with one attached hydrogen (secondary N) is 1. The molecule has 29 heavy (non-hydrogen) atoms. The number of hydrogen-bond donors (Lipinski definition) is 1. The molecule has 1 N–H and O–H groups in total. The molecule has 1 aromatic heterocycles. The number of carbonyl (C=O) groups is 1. The lowest BCUT2D eigenvalue weighted by atomic mass is 10.1. The van der Waals surface area contributed by atoms with Gasteiger partial charge in [0.15, 0.2) is 15.8 Å². The molecule has 5 nitrogen and oxygen atoms in total. The van der Waals surface area contributed by atoms with Crippen LogP contribution in [0.3, 0.4) is 0 Å². The number of thioether (sulfide) groups is 1. The molecule has 0 radical (unpaired) electrons. The Hall–Kier alpha value is -2.02. The molecule has 3 rings (SSSR count). The Balaban J connectivity index is 1.93. The summed E-state index contributed by atoms with van der Waals surface area (Å²) in [5.41, 5.74) is 4.56. The number of aryl methyl sites for hydroxylation is 2. The molecule has 1 amide bonds. The molecule has 1 unspecified atom stereocenters. The fraction of sp³-hybridized carbons (Fsp3) is 0.286. The van der Waals surface area contributed by atoms with Gasteiger partial charge in [0.05, 0.1) is 6.04 Å². The van der Waals surface area contributed by atoms with Gasteiger partial charge in [-0.1, -0.05) is 76.9 Å². The van der Waals surface area contributed by atoms with E-state index in [0.717, 1.165) is 22.2 Å². The molecule has 1 heterocycles.